The molecule has 0 saturated carbocycles. The number of anilines is 1. The average Bonchev–Trinajstić information content (AvgIpc) is 3.21. The fourth-order valence-corrected chi connectivity index (χ4v) is 4.83. The maximum absolute atomic E-state index is 13.4. The molecule has 1 aliphatic rings. The fourth-order valence-electron chi connectivity index (χ4n) is 3.50. The molecule has 15 heteroatoms. The van der Waals surface area contributed by atoms with Gasteiger partial charge in [-0.05, 0) is 6.92 Å². The first kappa shape index (κ1) is 25.0. The molecule has 3 aromatic rings. The summed E-state index contributed by atoms with van der Waals surface area (Å²) in [5.41, 5.74) is 0.275. The molecule has 0 spiro atoms. The Balaban J connectivity index is 1.73. The van der Waals surface area contributed by atoms with Crippen molar-refractivity contribution >= 4 is 27.6 Å². The predicted octanol–water partition coefficient (Wildman–Crippen LogP) is 1.64. The van der Waals surface area contributed by atoms with E-state index in [0.717, 1.165) is 0 Å². The Bertz CT molecular complexity index is 1260. The third-order valence-corrected chi connectivity index (χ3v) is 7.80. The van der Waals surface area contributed by atoms with E-state index >= 15 is 0 Å². The highest BCUT2D eigenvalue weighted by Crippen LogP contribution is 2.33. The molecule has 35 heavy (non-hydrogen) atoms. The van der Waals surface area contributed by atoms with Gasteiger partial charge in [-0.3, -0.25) is 9.29 Å². The number of nitrogens with one attached hydrogen (secondary N) is 1. The molecule has 1 N–H and O–H groups in total. The minimum atomic E-state index is -3.98. The van der Waals surface area contributed by atoms with E-state index in [1.165, 1.54) is 37.5 Å². The molecule has 188 valence electrons. The van der Waals surface area contributed by atoms with Gasteiger partial charge < -0.3 is 14.2 Å². The lowest BCUT2D eigenvalue weighted by Crippen LogP contribution is -2.32. The lowest BCUT2D eigenvalue weighted by atomic mass is 10.0. The zero-order valence-corrected chi connectivity index (χ0v) is 21.1. The largest absolute Gasteiger partial charge is 0.479 e. The van der Waals surface area contributed by atoms with Crippen molar-refractivity contribution in [1.82, 2.24) is 34.7 Å². The molecule has 0 aliphatic carbocycles. The van der Waals surface area contributed by atoms with E-state index in [0.29, 0.717) is 36.3 Å². The molecule has 0 unspecified atom stereocenters. The Morgan fingerprint density at radius 1 is 1.11 bits per heavy atom. The van der Waals surface area contributed by atoms with E-state index in [9.17, 15) is 8.42 Å². The van der Waals surface area contributed by atoms with Gasteiger partial charge in [0.15, 0.2) is 5.69 Å². The summed E-state index contributed by atoms with van der Waals surface area (Å²) >= 11 is 5.86. The second-order valence-corrected chi connectivity index (χ2v) is 10.5. The van der Waals surface area contributed by atoms with Gasteiger partial charge in [0.2, 0.25) is 27.7 Å². The first-order valence-corrected chi connectivity index (χ1v) is 12.6. The Morgan fingerprint density at radius 3 is 2.29 bits per heavy atom. The van der Waals surface area contributed by atoms with E-state index < -0.39 is 21.2 Å². The summed E-state index contributed by atoms with van der Waals surface area (Å²) in [5, 5.41) is 7.82. The first-order valence-electron chi connectivity index (χ1n) is 10.7. The van der Waals surface area contributed by atoms with Crippen molar-refractivity contribution in [3.63, 3.8) is 0 Å². The van der Waals surface area contributed by atoms with Gasteiger partial charge in [0.05, 0.1) is 37.7 Å². The van der Waals surface area contributed by atoms with Gasteiger partial charge in [0, 0.05) is 30.7 Å². The molecule has 2 atom stereocenters. The van der Waals surface area contributed by atoms with Crippen LogP contribution in [0.1, 0.15) is 31.4 Å². The number of rotatable bonds is 10. The van der Waals surface area contributed by atoms with Crippen LogP contribution in [0.2, 0.25) is 5.02 Å². The van der Waals surface area contributed by atoms with Crippen LogP contribution in [0, 0.1) is 5.92 Å². The standard InChI is InChI=1S/C20H25ClN8O5S/c1-11(17-22-6-14(21)7-23-17)12(2)35(30,31)28-20-27-26-15(5-13-8-34-9-13)29(20)16-18(32-3)24-10-25-19(16)33-4/h6-7,10-13H,5,8-9H2,1-4H3,(H,27,28)/t11-,12-/m0/s1. The maximum atomic E-state index is 13.4. The summed E-state index contributed by atoms with van der Waals surface area (Å²) in [6.07, 6.45) is 4.62. The van der Waals surface area contributed by atoms with Crippen LogP contribution in [-0.2, 0) is 21.2 Å². The van der Waals surface area contributed by atoms with E-state index in [1.54, 1.807) is 13.8 Å². The molecule has 4 heterocycles. The van der Waals surface area contributed by atoms with Crippen molar-refractivity contribution < 1.29 is 22.6 Å². The number of halogens is 1. The molecule has 0 aromatic carbocycles. The van der Waals surface area contributed by atoms with Gasteiger partial charge in [0.1, 0.15) is 18.0 Å². The highest BCUT2D eigenvalue weighted by Gasteiger charge is 2.33. The van der Waals surface area contributed by atoms with Gasteiger partial charge in [-0.2, -0.15) is 9.97 Å². The number of sulfonamides is 1. The van der Waals surface area contributed by atoms with E-state index in [4.69, 9.17) is 25.8 Å². The van der Waals surface area contributed by atoms with Crippen LogP contribution in [-0.4, -0.2) is 75.8 Å². The fraction of sp³-hybridized carbons (Fsp3) is 0.500. The molecule has 0 radical (unpaired) electrons. The Hall–Kier alpha value is -3.10. The van der Waals surface area contributed by atoms with E-state index in [1.807, 2.05) is 0 Å². The SMILES string of the molecule is COc1ncnc(OC)c1-n1c(CC2COC2)nnc1NS(=O)(=O)[C@@H](C)[C@H](C)c1ncc(Cl)cn1. The summed E-state index contributed by atoms with van der Waals surface area (Å²) in [4.78, 5) is 16.6. The zero-order valence-electron chi connectivity index (χ0n) is 19.5. The molecule has 1 fully saturated rings. The molecular weight excluding hydrogens is 500 g/mol. The number of methoxy groups -OCH3 is 2. The second kappa shape index (κ2) is 10.3. The van der Waals surface area contributed by atoms with Crippen LogP contribution < -0.4 is 14.2 Å². The third-order valence-electron chi connectivity index (χ3n) is 5.75. The molecule has 4 rings (SSSR count). The lowest BCUT2D eigenvalue weighted by Gasteiger charge is -2.26. The van der Waals surface area contributed by atoms with Crippen molar-refractivity contribution in [2.75, 3.05) is 32.2 Å². The molecular formula is C20H25ClN8O5S. The lowest BCUT2D eigenvalue weighted by molar-refractivity contribution is -0.0322. The summed E-state index contributed by atoms with van der Waals surface area (Å²) in [7, 11) is -1.10. The number of ether oxygens (including phenoxy) is 3. The number of hydrogen-bond acceptors (Lipinski definition) is 11. The molecule has 1 aliphatic heterocycles. The van der Waals surface area contributed by atoms with Gasteiger partial charge in [-0.15, -0.1) is 10.2 Å². The van der Waals surface area contributed by atoms with Crippen LogP contribution in [0.5, 0.6) is 11.8 Å². The van der Waals surface area contributed by atoms with E-state index in [-0.39, 0.29) is 29.3 Å². The summed E-state index contributed by atoms with van der Waals surface area (Å²) in [6, 6.07) is 0. The van der Waals surface area contributed by atoms with E-state index in [2.05, 4.69) is 34.9 Å². The van der Waals surface area contributed by atoms with Crippen molar-refractivity contribution in [3.05, 3.63) is 35.4 Å². The highest BCUT2D eigenvalue weighted by molar-refractivity contribution is 7.93. The monoisotopic (exact) mass is 524 g/mol. The molecule has 13 nitrogen and oxygen atoms in total. The van der Waals surface area contributed by atoms with Crippen molar-refractivity contribution in [3.8, 4) is 17.4 Å². The minimum absolute atomic E-state index is 0.0530. The molecule has 0 bridgehead atoms. The summed E-state index contributed by atoms with van der Waals surface area (Å²) in [5.74, 6) is 0.770. The van der Waals surface area contributed by atoms with Crippen LogP contribution >= 0.6 is 11.6 Å². The maximum Gasteiger partial charge on any atom is 0.245 e. The quantitative estimate of drug-likeness (QED) is 0.411. The summed E-state index contributed by atoms with van der Waals surface area (Å²) in [6.45, 7) is 4.42. The Kier molecular flexibility index (Phi) is 7.33. The number of aromatic nitrogens is 7. The predicted molar refractivity (Wildman–Crippen MR) is 126 cm³/mol. The third kappa shape index (κ3) is 5.13. The van der Waals surface area contributed by atoms with Gasteiger partial charge in [-0.1, -0.05) is 18.5 Å². The second-order valence-electron chi connectivity index (χ2n) is 8.02. The van der Waals surface area contributed by atoms with Crippen LogP contribution in [0.3, 0.4) is 0 Å². The topological polar surface area (TPSA) is 156 Å². The van der Waals surface area contributed by atoms with Crippen LogP contribution in [0.15, 0.2) is 18.7 Å². The highest BCUT2D eigenvalue weighted by atomic mass is 35.5. The molecule has 1 saturated heterocycles. The molecule has 0 amide bonds. The Labute approximate surface area is 207 Å². The smallest absolute Gasteiger partial charge is 0.245 e. The van der Waals surface area contributed by atoms with Gasteiger partial charge in [-0.25, -0.2) is 18.4 Å². The Morgan fingerprint density at radius 2 is 1.74 bits per heavy atom. The van der Waals surface area contributed by atoms with Gasteiger partial charge in [0.25, 0.3) is 0 Å². The van der Waals surface area contributed by atoms with Crippen LogP contribution in [0.4, 0.5) is 5.95 Å². The normalized spacial score (nSPS) is 15.8. The van der Waals surface area contributed by atoms with Crippen molar-refractivity contribution in [2.24, 2.45) is 5.92 Å². The zero-order chi connectivity index (χ0) is 25.2. The average molecular weight is 525 g/mol. The minimum Gasteiger partial charge on any atom is -0.479 e. The van der Waals surface area contributed by atoms with Gasteiger partial charge >= 0.3 is 0 Å². The first-order chi connectivity index (χ1) is 16.7. The number of hydrogen-bond donors (Lipinski definition) is 1. The van der Waals surface area contributed by atoms with Crippen molar-refractivity contribution in [2.45, 2.75) is 31.4 Å². The van der Waals surface area contributed by atoms with Crippen LogP contribution in [0.25, 0.3) is 5.69 Å². The number of nitrogens with zero attached hydrogens (tertiary/aromatic N) is 7. The summed E-state index contributed by atoms with van der Waals surface area (Å²) < 4.78 is 46.9. The van der Waals surface area contributed by atoms with Crippen molar-refractivity contribution in [1.29, 1.82) is 0 Å². The molecule has 3 aromatic heterocycles.